The molecule has 3 amide bonds. The standard InChI is InChI=1S/C22H29N5O4/c28-13-17(10-16-11-23-14-25-16)26-22(31)18-8-4-5-9-19(18)27-20(29)12-24-21(30)15-6-2-1-3-7-15/h4-5,8-9,11,14-15,17,28H,1-3,6-7,10,12-13H2,(H,23,25)(H,24,30)(H,26,31)(H,27,29)/t17-/m0/s1. The van der Waals surface area contributed by atoms with Crippen LogP contribution < -0.4 is 16.0 Å². The third-order valence-electron chi connectivity index (χ3n) is 5.42. The van der Waals surface area contributed by atoms with Gasteiger partial charge in [-0.05, 0) is 25.0 Å². The molecule has 0 unspecified atom stereocenters. The van der Waals surface area contributed by atoms with Crippen LogP contribution in [0.4, 0.5) is 5.69 Å². The molecule has 1 aliphatic carbocycles. The lowest BCUT2D eigenvalue weighted by atomic mass is 9.89. The van der Waals surface area contributed by atoms with E-state index in [0.29, 0.717) is 12.1 Å². The highest BCUT2D eigenvalue weighted by atomic mass is 16.3. The fourth-order valence-corrected chi connectivity index (χ4v) is 3.75. The largest absolute Gasteiger partial charge is 0.394 e. The molecule has 5 N–H and O–H groups in total. The molecule has 1 aromatic heterocycles. The average Bonchev–Trinajstić information content (AvgIpc) is 3.31. The van der Waals surface area contributed by atoms with Gasteiger partial charge in [0.15, 0.2) is 0 Å². The monoisotopic (exact) mass is 427 g/mol. The van der Waals surface area contributed by atoms with Gasteiger partial charge in [0.1, 0.15) is 0 Å². The number of aliphatic hydroxyl groups is 1. The SMILES string of the molecule is O=C(CNC(=O)C1CCCCC1)Nc1ccccc1C(=O)N[C@H](CO)Cc1cnc[nH]1. The number of rotatable bonds is 9. The number of imidazole rings is 1. The van der Waals surface area contributed by atoms with Gasteiger partial charge in [0.05, 0.1) is 36.8 Å². The molecule has 1 aliphatic rings. The van der Waals surface area contributed by atoms with Gasteiger partial charge in [-0.1, -0.05) is 31.4 Å². The Kier molecular flexibility index (Phi) is 8.17. The summed E-state index contributed by atoms with van der Waals surface area (Å²) in [7, 11) is 0. The van der Waals surface area contributed by atoms with Gasteiger partial charge in [-0.3, -0.25) is 14.4 Å². The number of amides is 3. The summed E-state index contributed by atoms with van der Waals surface area (Å²) in [4.78, 5) is 44.2. The third kappa shape index (κ3) is 6.65. The lowest BCUT2D eigenvalue weighted by Gasteiger charge is -2.20. The molecule has 166 valence electrons. The first kappa shape index (κ1) is 22.5. The number of anilines is 1. The maximum atomic E-state index is 12.7. The lowest BCUT2D eigenvalue weighted by molar-refractivity contribution is -0.128. The van der Waals surface area contributed by atoms with Crippen LogP contribution in [0.3, 0.4) is 0 Å². The summed E-state index contributed by atoms with van der Waals surface area (Å²) in [5.74, 6) is -0.934. The number of nitrogens with zero attached hydrogens (tertiary/aromatic N) is 1. The second kappa shape index (κ2) is 11.3. The van der Waals surface area contributed by atoms with Crippen molar-refractivity contribution < 1.29 is 19.5 Å². The zero-order chi connectivity index (χ0) is 22.1. The van der Waals surface area contributed by atoms with Crippen molar-refractivity contribution in [2.24, 2.45) is 5.92 Å². The van der Waals surface area contributed by atoms with E-state index in [1.807, 2.05) is 0 Å². The predicted molar refractivity (Wildman–Crippen MR) is 115 cm³/mol. The molecule has 1 aromatic carbocycles. The maximum Gasteiger partial charge on any atom is 0.253 e. The number of nitrogens with one attached hydrogen (secondary N) is 4. The van der Waals surface area contributed by atoms with E-state index in [-0.39, 0.29) is 30.5 Å². The molecule has 9 heteroatoms. The zero-order valence-electron chi connectivity index (χ0n) is 17.4. The Balaban J connectivity index is 1.55. The van der Waals surface area contributed by atoms with Gasteiger partial charge in [-0.2, -0.15) is 0 Å². The first-order valence-corrected chi connectivity index (χ1v) is 10.6. The number of benzene rings is 1. The van der Waals surface area contributed by atoms with E-state index in [0.717, 1.165) is 37.8 Å². The Morgan fingerprint density at radius 1 is 1.16 bits per heavy atom. The van der Waals surface area contributed by atoms with Crippen LogP contribution in [0.25, 0.3) is 0 Å². The summed E-state index contributed by atoms with van der Waals surface area (Å²) < 4.78 is 0. The molecule has 0 bridgehead atoms. The molecule has 9 nitrogen and oxygen atoms in total. The minimum absolute atomic E-state index is 0.0232. The number of carbonyl (C=O) groups excluding carboxylic acids is 3. The summed E-state index contributed by atoms with van der Waals surface area (Å²) in [6, 6.07) is 6.11. The molecule has 0 spiro atoms. The first-order valence-electron chi connectivity index (χ1n) is 10.6. The Labute approximate surface area is 181 Å². The number of aliphatic hydroxyl groups excluding tert-OH is 1. The lowest BCUT2D eigenvalue weighted by Crippen LogP contribution is -2.40. The van der Waals surface area contributed by atoms with Gasteiger partial charge in [0.2, 0.25) is 11.8 Å². The van der Waals surface area contributed by atoms with E-state index >= 15 is 0 Å². The molecule has 0 aliphatic heterocycles. The molecule has 3 rings (SSSR count). The van der Waals surface area contributed by atoms with Crippen LogP contribution in [0, 0.1) is 5.92 Å². The second-order valence-corrected chi connectivity index (χ2v) is 7.78. The number of para-hydroxylation sites is 1. The molecule has 1 fully saturated rings. The molecular formula is C22H29N5O4. The quantitative estimate of drug-likeness (QED) is 0.412. The van der Waals surface area contributed by atoms with Crippen molar-refractivity contribution in [1.29, 1.82) is 0 Å². The van der Waals surface area contributed by atoms with Crippen molar-refractivity contribution in [2.75, 3.05) is 18.5 Å². The number of aromatic amines is 1. The minimum atomic E-state index is -0.508. The first-order chi connectivity index (χ1) is 15.1. The van der Waals surface area contributed by atoms with Crippen molar-refractivity contribution >= 4 is 23.4 Å². The normalized spacial score (nSPS) is 15.1. The molecule has 1 heterocycles. The molecule has 2 aromatic rings. The summed E-state index contributed by atoms with van der Waals surface area (Å²) in [6.07, 6.45) is 8.52. The van der Waals surface area contributed by atoms with Gasteiger partial charge in [-0.15, -0.1) is 0 Å². The van der Waals surface area contributed by atoms with Crippen LogP contribution in [0.1, 0.15) is 48.2 Å². The topological polar surface area (TPSA) is 136 Å². The molecule has 31 heavy (non-hydrogen) atoms. The van der Waals surface area contributed by atoms with Crippen LogP contribution in [0.5, 0.6) is 0 Å². The molecule has 1 atom stereocenters. The van der Waals surface area contributed by atoms with Crippen LogP contribution in [-0.4, -0.2) is 52.0 Å². The number of hydrogen-bond donors (Lipinski definition) is 5. The molecule has 0 saturated heterocycles. The smallest absolute Gasteiger partial charge is 0.253 e. The third-order valence-corrected chi connectivity index (χ3v) is 5.42. The highest BCUT2D eigenvalue weighted by molar-refractivity contribution is 6.04. The maximum absolute atomic E-state index is 12.7. The number of hydrogen-bond acceptors (Lipinski definition) is 5. The zero-order valence-corrected chi connectivity index (χ0v) is 17.4. The molecule has 0 radical (unpaired) electrons. The number of H-pyrrole nitrogens is 1. The van der Waals surface area contributed by atoms with E-state index in [4.69, 9.17) is 0 Å². The number of aromatic nitrogens is 2. The van der Waals surface area contributed by atoms with Gasteiger partial charge >= 0.3 is 0 Å². The van der Waals surface area contributed by atoms with Crippen molar-refractivity contribution in [1.82, 2.24) is 20.6 Å². The van der Waals surface area contributed by atoms with Crippen LogP contribution in [0.15, 0.2) is 36.8 Å². The van der Waals surface area contributed by atoms with E-state index < -0.39 is 17.9 Å². The minimum Gasteiger partial charge on any atom is -0.394 e. The van der Waals surface area contributed by atoms with Gasteiger partial charge < -0.3 is 26.0 Å². The molecule has 1 saturated carbocycles. The van der Waals surface area contributed by atoms with E-state index in [1.165, 1.54) is 6.33 Å². The summed E-state index contributed by atoms with van der Waals surface area (Å²) in [5, 5.41) is 17.8. The van der Waals surface area contributed by atoms with Crippen LogP contribution >= 0.6 is 0 Å². The Morgan fingerprint density at radius 3 is 2.65 bits per heavy atom. The van der Waals surface area contributed by atoms with E-state index in [2.05, 4.69) is 25.9 Å². The van der Waals surface area contributed by atoms with Crippen molar-refractivity contribution in [2.45, 2.75) is 44.6 Å². The van der Waals surface area contributed by atoms with E-state index in [9.17, 15) is 19.5 Å². The fraction of sp³-hybridized carbons (Fsp3) is 0.455. The summed E-state index contributed by atoms with van der Waals surface area (Å²) in [5.41, 5.74) is 1.40. The highest BCUT2D eigenvalue weighted by Gasteiger charge is 2.22. The van der Waals surface area contributed by atoms with Gasteiger partial charge in [-0.25, -0.2) is 4.98 Å². The Hall–Kier alpha value is -3.20. The number of carbonyl (C=O) groups is 3. The predicted octanol–water partition coefficient (Wildman–Crippen LogP) is 1.38. The fourth-order valence-electron chi connectivity index (χ4n) is 3.75. The van der Waals surface area contributed by atoms with Crippen molar-refractivity contribution in [3.63, 3.8) is 0 Å². The average molecular weight is 428 g/mol. The van der Waals surface area contributed by atoms with Crippen molar-refractivity contribution in [3.8, 4) is 0 Å². The van der Waals surface area contributed by atoms with Crippen LogP contribution in [0.2, 0.25) is 0 Å². The second-order valence-electron chi connectivity index (χ2n) is 7.78. The van der Waals surface area contributed by atoms with Gasteiger partial charge in [0.25, 0.3) is 5.91 Å². The van der Waals surface area contributed by atoms with Gasteiger partial charge in [0, 0.05) is 24.2 Å². The molecular weight excluding hydrogens is 398 g/mol. The Morgan fingerprint density at radius 2 is 1.94 bits per heavy atom. The summed E-state index contributed by atoms with van der Waals surface area (Å²) >= 11 is 0. The highest BCUT2D eigenvalue weighted by Crippen LogP contribution is 2.23. The summed E-state index contributed by atoms with van der Waals surface area (Å²) in [6.45, 7) is -0.392. The van der Waals surface area contributed by atoms with Crippen molar-refractivity contribution in [3.05, 3.63) is 48.0 Å². The van der Waals surface area contributed by atoms with E-state index in [1.54, 1.807) is 30.5 Å². The Bertz CT molecular complexity index is 878. The van der Waals surface area contributed by atoms with Crippen LogP contribution in [-0.2, 0) is 16.0 Å².